The molecule has 1 aromatic carbocycles. The fourth-order valence-electron chi connectivity index (χ4n) is 2.45. The predicted octanol–water partition coefficient (Wildman–Crippen LogP) is 1.37. The summed E-state index contributed by atoms with van der Waals surface area (Å²) in [5, 5.41) is 9.96. The molecule has 0 spiro atoms. The van der Waals surface area contributed by atoms with Crippen LogP contribution >= 0.6 is 0 Å². The van der Waals surface area contributed by atoms with E-state index >= 15 is 0 Å². The maximum Gasteiger partial charge on any atom is 0.223 e. The lowest BCUT2D eigenvalue weighted by Gasteiger charge is -2.29. The Hall–Kier alpha value is -1.39. The number of hydrogen-bond donors (Lipinski definition) is 2. The Bertz CT molecular complexity index is 445. The number of hydrogen-bond acceptors (Lipinski definition) is 3. The van der Waals surface area contributed by atoms with Gasteiger partial charge in [0, 0.05) is 19.2 Å². The normalized spacial score (nSPS) is 16.3. The Morgan fingerprint density at radius 1 is 1.56 bits per heavy atom. The average molecular weight is 248 g/mol. The summed E-state index contributed by atoms with van der Waals surface area (Å²) in [6, 6.07) is 5.87. The first kappa shape index (κ1) is 13.1. The second kappa shape index (κ2) is 5.50. The molecule has 18 heavy (non-hydrogen) atoms. The Balaban J connectivity index is 2.33. The molecule has 1 aromatic rings. The summed E-state index contributed by atoms with van der Waals surface area (Å²) in [4.78, 5) is 13.4. The number of carbonyl (C=O) groups is 1. The van der Waals surface area contributed by atoms with Gasteiger partial charge in [-0.3, -0.25) is 4.79 Å². The maximum atomic E-state index is 11.6. The van der Waals surface area contributed by atoms with Crippen LogP contribution in [0.3, 0.4) is 0 Å². The summed E-state index contributed by atoms with van der Waals surface area (Å²) in [6.45, 7) is 2.80. The third kappa shape index (κ3) is 2.54. The Labute approximate surface area is 107 Å². The molecule has 0 aromatic heterocycles. The second-order valence-electron chi connectivity index (χ2n) is 4.76. The first-order chi connectivity index (χ1) is 8.63. The lowest BCUT2D eigenvalue weighted by molar-refractivity contribution is -0.116. The van der Waals surface area contributed by atoms with Gasteiger partial charge in [-0.05, 0) is 43.0 Å². The van der Waals surface area contributed by atoms with Gasteiger partial charge in [0.05, 0.1) is 6.10 Å². The van der Waals surface area contributed by atoms with Gasteiger partial charge in [0.25, 0.3) is 0 Å². The number of nitrogens with zero attached hydrogens (tertiary/aromatic N) is 1. The summed E-state index contributed by atoms with van der Waals surface area (Å²) in [7, 11) is 0. The summed E-state index contributed by atoms with van der Waals surface area (Å²) in [6.07, 6.45) is 1.98. The quantitative estimate of drug-likeness (QED) is 0.849. The average Bonchev–Trinajstić information content (AvgIpc) is 2.37. The monoisotopic (exact) mass is 248 g/mol. The van der Waals surface area contributed by atoms with E-state index < -0.39 is 6.10 Å². The lowest BCUT2D eigenvalue weighted by Crippen LogP contribution is -2.33. The van der Waals surface area contributed by atoms with Crippen molar-refractivity contribution in [2.24, 2.45) is 5.73 Å². The molecule has 98 valence electrons. The molecule has 1 amide bonds. The minimum atomic E-state index is -0.545. The van der Waals surface area contributed by atoms with Crippen molar-refractivity contribution >= 4 is 11.6 Å². The van der Waals surface area contributed by atoms with Crippen molar-refractivity contribution in [3.8, 4) is 0 Å². The van der Waals surface area contributed by atoms with Gasteiger partial charge in [-0.1, -0.05) is 12.1 Å². The third-order valence-corrected chi connectivity index (χ3v) is 3.43. The molecule has 1 aliphatic heterocycles. The molecule has 0 radical (unpaired) electrons. The van der Waals surface area contributed by atoms with E-state index in [0.717, 1.165) is 30.6 Å². The van der Waals surface area contributed by atoms with Gasteiger partial charge in [0.2, 0.25) is 5.91 Å². The molecule has 0 bridgehead atoms. The zero-order valence-electron chi connectivity index (χ0n) is 10.7. The van der Waals surface area contributed by atoms with E-state index in [9.17, 15) is 9.90 Å². The van der Waals surface area contributed by atoms with Crippen molar-refractivity contribution in [2.75, 3.05) is 18.0 Å². The standard InChI is InChI=1S/C14H20N2O2/c1-10(17)16-8-2-3-11-4-5-12(9-13(11)16)14(18)6-7-15/h4-5,9,14,18H,2-3,6-8,15H2,1H3. The lowest BCUT2D eigenvalue weighted by atomic mass is 9.97. The van der Waals surface area contributed by atoms with Crippen LogP contribution < -0.4 is 10.6 Å². The fourth-order valence-corrected chi connectivity index (χ4v) is 2.45. The number of aryl methyl sites for hydroxylation is 1. The number of carbonyl (C=O) groups excluding carboxylic acids is 1. The highest BCUT2D eigenvalue weighted by Gasteiger charge is 2.21. The number of nitrogens with two attached hydrogens (primary N) is 1. The molecular weight excluding hydrogens is 228 g/mol. The fraction of sp³-hybridized carbons (Fsp3) is 0.500. The van der Waals surface area contributed by atoms with Gasteiger partial charge in [0.15, 0.2) is 0 Å². The number of anilines is 1. The van der Waals surface area contributed by atoms with Gasteiger partial charge < -0.3 is 15.7 Å². The topological polar surface area (TPSA) is 66.6 Å². The van der Waals surface area contributed by atoms with Gasteiger partial charge in [-0.25, -0.2) is 0 Å². The van der Waals surface area contributed by atoms with Gasteiger partial charge in [-0.15, -0.1) is 0 Å². The van der Waals surface area contributed by atoms with Crippen LogP contribution in [0.15, 0.2) is 18.2 Å². The molecule has 1 atom stereocenters. The van der Waals surface area contributed by atoms with Crippen LogP contribution in [0.2, 0.25) is 0 Å². The predicted molar refractivity (Wildman–Crippen MR) is 71.4 cm³/mol. The van der Waals surface area contributed by atoms with Crippen molar-refractivity contribution in [3.05, 3.63) is 29.3 Å². The number of benzene rings is 1. The van der Waals surface area contributed by atoms with Crippen LogP contribution in [0.4, 0.5) is 5.69 Å². The van der Waals surface area contributed by atoms with E-state index in [1.54, 1.807) is 11.8 Å². The van der Waals surface area contributed by atoms with E-state index in [0.29, 0.717) is 13.0 Å². The van der Waals surface area contributed by atoms with Crippen LogP contribution in [0, 0.1) is 0 Å². The summed E-state index contributed by atoms with van der Waals surface area (Å²) in [5.41, 5.74) is 8.42. The van der Waals surface area contributed by atoms with Crippen molar-refractivity contribution in [3.63, 3.8) is 0 Å². The van der Waals surface area contributed by atoms with E-state index in [4.69, 9.17) is 5.73 Å². The largest absolute Gasteiger partial charge is 0.388 e. The number of amides is 1. The molecule has 2 rings (SSSR count). The molecule has 0 saturated heterocycles. The highest BCUT2D eigenvalue weighted by molar-refractivity contribution is 5.92. The molecule has 1 aliphatic rings. The Morgan fingerprint density at radius 3 is 3.00 bits per heavy atom. The molecule has 4 heteroatoms. The van der Waals surface area contributed by atoms with E-state index in [-0.39, 0.29) is 5.91 Å². The van der Waals surface area contributed by atoms with Crippen molar-refractivity contribution in [1.29, 1.82) is 0 Å². The second-order valence-corrected chi connectivity index (χ2v) is 4.76. The number of fused-ring (bicyclic) bond motifs is 1. The minimum Gasteiger partial charge on any atom is -0.388 e. The van der Waals surface area contributed by atoms with E-state index in [1.807, 2.05) is 18.2 Å². The van der Waals surface area contributed by atoms with Crippen molar-refractivity contribution in [1.82, 2.24) is 0 Å². The zero-order chi connectivity index (χ0) is 13.1. The molecule has 0 aliphatic carbocycles. The van der Waals surface area contributed by atoms with Crippen LogP contribution in [0.25, 0.3) is 0 Å². The van der Waals surface area contributed by atoms with E-state index in [2.05, 4.69) is 0 Å². The molecule has 0 fully saturated rings. The first-order valence-electron chi connectivity index (χ1n) is 6.42. The maximum absolute atomic E-state index is 11.6. The summed E-state index contributed by atoms with van der Waals surface area (Å²) >= 11 is 0. The Kier molecular flexibility index (Phi) is 3.99. The highest BCUT2D eigenvalue weighted by atomic mass is 16.3. The van der Waals surface area contributed by atoms with Gasteiger partial charge >= 0.3 is 0 Å². The summed E-state index contributed by atoms with van der Waals surface area (Å²) < 4.78 is 0. The van der Waals surface area contributed by atoms with Crippen LogP contribution in [-0.4, -0.2) is 24.1 Å². The minimum absolute atomic E-state index is 0.0569. The van der Waals surface area contributed by atoms with Gasteiger partial charge in [-0.2, -0.15) is 0 Å². The van der Waals surface area contributed by atoms with Crippen LogP contribution in [0.1, 0.15) is 37.0 Å². The number of aliphatic hydroxyl groups is 1. The highest BCUT2D eigenvalue weighted by Crippen LogP contribution is 2.30. The van der Waals surface area contributed by atoms with Crippen molar-refractivity contribution in [2.45, 2.75) is 32.3 Å². The molecule has 4 nitrogen and oxygen atoms in total. The van der Waals surface area contributed by atoms with Gasteiger partial charge in [0.1, 0.15) is 0 Å². The number of rotatable bonds is 3. The Morgan fingerprint density at radius 2 is 2.33 bits per heavy atom. The molecule has 1 unspecified atom stereocenters. The van der Waals surface area contributed by atoms with Crippen LogP contribution in [-0.2, 0) is 11.2 Å². The SMILES string of the molecule is CC(=O)N1CCCc2ccc(C(O)CCN)cc21. The molecule has 1 heterocycles. The number of aliphatic hydroxyl groups excluding tert-OH is 1. The molecule has 3 N–H and O–H groups in total. The van der Waals surface area contributed by atoms with Crippen molar-refractivity contribution < 1.29 is 9.90 Å². The smallest absolute Gasteiger partial charge is 0.223 e. The van der Waals surface area contributed by atoms with E-state index in [1.165, 1.54) is 5.56 Å². The molecular formula is C14H20N2O2. The summed E-state index contributed by atoms with van der Waals surface area (Å²) in [5.74, 6) is 0.0569. The molecule has 0 saturated carbocycles. The van der Waals surface area contributed by atoms with Crippen LogP contribution in [0.5, 0.6) is 0 Å². The third-order valence-electron chi connectivity index (χ3n) is 3.43. The first-order valence-corrected chi connectivity index (χ1v) is 6.42. The zero-order valence-corrected chi connectivity index (χ0v) is 10.7.